The van der Waals surface area contributed by atoms with Crippen molar-refractivity contribution in [3.8, 4) is 0 Å². The molecule has 2 N–H and O–H groups in total. The molecule has 0 aromatic heterocycles. The van der Waals surface area contributed by atoms with Gasteiger partial charge in [-0.15, -0.1) is 0 Å². The summed E-state index contributed by atoms with van der Waals surface area (Å²) in [5, 5.41) is 0. The number of nitrogens with zero attached hydrogens (tertiary/aromatic N) is 1. The third-order valence-corrected chi connectivity index (χ3v) is 3.43. The van der Waals surface area contributed by atoms with Crippen molar-refractivity contribution in [3.05, 3.63) is 63.0 Å². The Labute approximate surface area is 117 Å². The average molecular weight is 354 g/mol. The molecular formula is C13H10Br2N2. The highest BCUT2D eigenvalue weighted by Crippen LogP contribution is 2.24. The highest BCUT2D eigenvalue weighted by atomic mass is 79.9. The van der Waals surface area contributed by atoms with Crippen molar-refractivity contribution < 1.29 is 0 Å². The van der Waals surface area contributed by atoms with Crippen LogP contribution in [0.3, 0.4) is 0 Å². The lowest BCUT2D eigenvalue weighted by Gasteiger charge is -2.02. The second-order valence-electron chi connectivity index (χ2n) is 3.46. The minimum absolute atomic E-state index is 0.504. The third kappa shape index (κ3) is 3.17. The molecule has 0 aliphatic rings. The van der Waals surface area contributed by atoms with E-state index in [9.17, 15) is 0 Å². The van der Waals surface area contributed by atoms with E-state index in [2.05, 4.69) is 36.9 Å². The van der Waals surface area contributed by atoms with Gasteiger partial charge in [0.1, 0.15) is 5.84 Å². The quantitative estimate of drug-likeness (QED) is 0.636. The number of amidine groups is 1. The predicted octanol–water partition coefficient (Wildman–Crippen LogP) is 4.25. The first-order valence-corrected chi connectivity index (χ1v) is 6.60. The van der Waals surface area contributed by atoms with E-state index in [0.717, 1.165) is 20.2 Å². The first-order chi connectivity index (χ1) is 8.16. The van der Waals surface area contributed by atoms with Crippen molar-refractivity contribution in [1.82, 2.24) is 0 Å². The van der Waals surface area contributed by atoms with Crippen molar-refractivity contribution in [2.24, 2.45) is 10.7 Å². The number of hydrogen-bond donors (Lipinski definition) is 1. The Bertz CT molecular complexity index is 548. The highest BCUT2D eigenvalue weighted by Gasteiger charge is 2.00. The molecule has 2 aromatic rings. The number of para-hydroxylation sites is 1. The maximum atomic E-state index is 5.96. The number of nitrogens with two attached hydrogens (primary N) is 1. The van der Waals surface area contributed by atoms with Gasteiger partial charge in [0.2, 0.25) is 0 Å². The molecule has 2 nitrogen and oxygen atoms in total. The molecule has 17 heavy (non-hydrogen) atoms. The van der Waals surface area contributed by atoms with Crippen LogP contribution in [0, 0.1) is 0 Å². The van der Waals surface area contributed by atoms with E-state index in [-0.39, 0.29) is 0 Å². The first-order valence-electron chi connectivity index (χ1n) is 5.01. The van der Waals surface area contributed by atoms with Gasteiger partial charge in [0, 0.05) is 14.5 Å². The average Bonchev–Trinajstić information content (AvgIpc) is 2.33. The summed E-state index contributed by atoms with van der Waals surface area (Å²) in [5.74, 6) is 0.504. The van der Waals surface area contributed by atoms with E-state index < -0.39 is 0 Å². The van der Waals surface area contributed by atoms with Crippen LogP contribution < -0.4 is 5.73 Å². The number of benzene rings is 2. The summed E-state index contributed by atoms with van der Waals surface area (Å²) in [6.45, 7) is 0. The van der Waals surface area contributed by atoms with Gasteiger partial charge in [-0.25, -0.2) is 4.99 Å². The fourth-order valence-corrected chi connectivity index (χ4v) is 2.00. The summed E-state index contributed by atoms with van der Waals surface area (Å²) in [7, 11) is 0. The van der Waals surface area contributed by atoms with E-state index in [4.69, 9.17) is 5.73 Å². The fraction of sp³-hybridized carbons (Fsp3) is 0. The summed E-state index contributed by atoms with van der Waals surface area (Å²) < 4.78 is 1.95. The molecule has 2 rings (SSSR count). The van der Waals surface area contributed by atoms with Crippen molar-refractivity contribution in [3.63, 3.8) is 0 Å². The van der Waals surface area contributed by atoms with Crippen LogP contribution in [0.4, 0.5) is 5.69 Å². The van der Waals surface area contributed by atoms with Crippen LogP contribution in [-0.4, -0.2) is 5.84 Å². The predicted molar refractivity (Wildman–Crippen MR) is 78.7 cm³/mol. The largest absolute Gasteiger partial charge is 0.383 e. The van der Waals surface area contributed by atoms with E-state index in [0.29, 0.717) is 5.84 Å². The molecule has 0 unspecified atom stereocenters. The molecule has 0 fully saturated rings. The summed E-state index contributed by atoms with van der Waals surface area (Å²) in [5.41, 5.74) is 7.69. The molecule has 0 aliphatic heterocycles. The number of rotatable bonds is 2. The molecule has 0 saturated carbocycles. The maximum absolute atomic E-state index is 5.96. The molecule has 2 aromatic carbocycles. The third-order valence-electron chi connectivity index (χ3n) is 2.23. The van der Waals surface area contributed by atoms with Gasteiger partial charge >= 0.3 is 0 Å². The van der Waals surface area contributed by atoms with Crippen molar-refractivity contribution in [2.45, 2.75) is 0 Å². The standard InChI is InChI=1S/C13H10Br2N2/c14-10-7-5-9(6-8-10)13(16)17-12-4-2-1-3-11(12)15/h1-8H,(H2,16,17). The normalized spacial score (nSPS) is 11.5. The molecule has 0 atom stereocenters. The Hall–Kier alpha value is -1.13. The zero-order chi connectivity index (χ0) is 12.3. The van der Waals surface area contributed by atoms with Gasteiger partial charge in [-0.2, -0.15) is 0 Å². The number of hydrogen-bond acceptors (Lipinski definition) is 1. The minimum atomic E-state index is 0.504. The van der Waals surface area contributed by atoms with Gasteiger partial charge in [0.25, 0.3) is 0 Å². The second kappa shape index (κ2) is 5.47. The molecule has 0 saturated heterocycles. The monoisotopic (exact) mass is 352 g/mol. The van der Waals surface area contributed by atoms with Crippen LogP contribution >= 0.6 is 31.9 Å². The van der Waals surface area contributed by atoms with Gasteiger partial charge in [0.05, 0.1) is 5.69 Å². The van der Waals surface area contributed by atoms with Gasteiger partial charge in [0.15, 0.2) is 0 Å². The van der Waals surface area contributed by atoms with Crippen LogP contribution in [0.5, 0.6) is 0 Å². The molecule has 0 amide bonds. The van der Waals surface area contributed by atoms with E-state index in [1.54, 1.807) is 0 Å². The van der Waals surface area contributed by atoms with Crippen LogP contribution in [-0.2, 0) is 0 Å². The maximum Gasteiger partial charge on any atom is 0.131 e. The van der Waals surface area contributed by atoms with Crippen LogP contribution in [0.1, 0.15) is 5.56 Å². The summed E-state index contributed by atoms with van der Waals surface area (Å²) in [6.07, 6.45) is 0. The number of halogens is 2. The van der Waals surface area contributed by atoms with E-state index in [1.165, 1.54) is 0 Å². The summed E-state index contributed by atoms with van der Waals surface area (Å²) in [4.78, 5) is 4.39. The minimum Gasteiger partial charge on any atom is -0.383 e. The summed E-state index contributed by atoms with van der Waals surface area (Å²) in [6, 6.07) is 15.5. The van der Waals surface area contributed by atoms with Gasteiger partial charge in [-0.3, -0.25) is 0 Å². The van der Waals surface area contributed by atoms with Crippen LogP contribution in [0.15, 0.2) is 62.5 Å². The Morgan fingerprint density at radius 2 is 1.59 bits per heavy atom. The lowest BCUT2D eigenvalue weighted by Crippen LogP contribution is -2.12. The van der Waals surface area contributed by atoms with Gasteiger partial charge in [-0.05, 0) is 40.2 Å². The van der Waals surface area contributed by atoms with Crippen LogP contribution in [0.2, 0.25) is 0 Å². The molecule has 0 spiro atoms. The zero-order valence-electron chi connectivity index (χ0n) is 8.90. The second-order valence-corrected chi connectivity index (χ2v) is 5.23. The highest BCUT2D eigenvalue weighted by molar-refractivity contribution is 9.10. The fourth-order valence-electron chi connectivity index (χ4n) is 1.36. The smallest absolute Gasteiger partial charge is 0.131 e. The topological polar surface area (TPSA) is 38.4 Å². The molecule has 0 aliphatic carbocycles. The van der Waals surface area contributed by atoms with Crippen LogP contribution in [0.25, 0.3) is 0 Å². The lowest BCUT2D eigenvalue weighted by molar-refractivity contribution is 1.43. The molecule has 0 radical (unpaired) electrons. The SMILES string of the molecule is NC(=Nc1ccccc1Br)c1ccc(Br)cc1. The molecule has 0 bridgehead atoms. The van der Waals surface area contributed by atoms with Gasteiger partial charge < -0.3 is 5.73 Å². The Balaban J connectivity index is 2.34. The van der Waals surface area contributed by atoms with Gasteiger partial charge in [-0.1, -0.05) is 40.2 Å². The molecule has 0 heterocycles. The van der Waals surface area contributed by atoms with Crippen molar-refractivity contribution in [1.29, 1.82) is 0 Å². The van der Waals surface area contributed by atoms with E-state index >= 15 is 0 Å². The zero-order valence-corrected chi connectivity index (χ0v) is 12.1. The number of aliphatic imine (C=N–C) groups is 1. The first kappa shape index (κ1) is 12.3. The Kier molecular flexibility index (Phi) is 3.97. The Morgan fingerprint density at radius 3 is 2.24 bits per heavy atom. The van der Waals surface area contributed by atoms with Crippen molar-refractivity contribution in [2.75, 3.05) is 0 Å². The molecule has 4 heteroatoms. The molecule has 86 valence electrons. The Morgan fingerprint density at radius 1 is 0.941 bits per heavy atom. The molecular weight excluding hydrogens is 344 g/mol. The summed E-state index contributed by atoms with van der Waals surface area (Å²) >= 11 is 6.82. The van der Waals surface area contributed by atoms with E-state index in [1.807, 2.05) is 48.5 Å². The lowest BCUT2D eigenvalue weighted by atomic mass is 10.2. The van der Waals surface area contributed by atoms with Crippen molar-refractivity contribution >= 4 is 43.4 Å².